The number of nitrogens with one attached hydrogen (secondary N) is 1. The first-order chi connectivity index (χ1) is 14.0. The van der Waals surface area contributed by atoms with E-state index in [1.165, 1.54) is 22.5 Å². The van der Waals surface area contributed by atoms with E-state index < -0.39 is 6.04 Å². The van der Waals surface area contributed by atoms with Crippen LogP contribution in [0.5, 0.6) is 0 Å². The second-order valence-electron chi connectivity index (χ2n) is 8.05. The Labute approximate surface area is 177 Å². The summed E-state index contributed by atoms with van der Waals surface area (Å²) < 4.78 is 0. The standard InChI is InChI=1S/C23H31N3O2S/c1-17(2)21(24-22(27)20-10-6-15-29-20)23(28)26-12-7-11-25(13-14-26)16-19-9-5-4-8-18(19)3/h4-6,8-10,15,17,21H,7,11-14,16H2,1-3H3,(H,24,27). The molecule has 2 amide bonds. The number of amides is 2. The molecule has 1 fully saturated rings. The van der Waals surface area contributed by atoms with Gasteiger partial charge in [-0.2, -0.15) is 0 Å². The average Bonchev–Trinajstić information content (AvgIpc) is 3.14. The first kappa shape index (κ1) is 21.5. The van der Waals surface area contributed by atoms with Crippen molar-refractivity contribution in [2.24, 2.45) is 5.92 Å². The Morgan fingerprint density at radius 1 is 1.07 bits per heavy atom. The first-order valence-electron chi connectivity index (χ1n) is 10.4. The maximum absolute atomic E-state index is 13.2. The highest BCUT2D eigenvalue weighted by Gasteiger charge is 2.30. The van der Waals surface area contributed by atoms with E-state index in [2.05, 4.69) is 41.4 Å². The summed E-state index contributed by atoms with van der Waals surface area (Å²) in [5.74, 6) is -0.0940. The van der Waals surface area contributed by atoms with Gasteiger partial charge in [-0.05, 0) is 41.8 Å². The molecule has 3 rings (SSSR count). The van der Waals surface area contributed by atoms with Crippen molar-refractivity contribution >= 4 is 23.2 Å². The van der Waals surface area contributed by atoms with Crippen LogP contribution in [-0.4, -0.2) is 53.8 Å². The number of nitrogens with zero attached hydrogens (tertiary/aromatic N) is 2. The molecule has 6 heteroatoms. The van der Waals surface area contributed by atoms with Gasteiger partial charge in [-0.3, -0.25) is 14.5 Å². The molecule has 1 aromatic heterocycles. The molecule has 0 saturated carbocycles. The molecule has 1 aromatic carbocycles. The van der Waals surface area contributed by atoms with E-state index in [0.29, 0.717) is 11.4 Å². The quantitative estimate of drug-likeness (QED) is 0.788. The van der Waals surface area contributed by atoms with Crippen LogP contribution in [0.2, 0.25) is 0 Å². The fourth-order valence-corrected chi connectivity index (χ4v) is 4.34. The van der Waals surface area contributed by atoms with Crippen LogP contribution < -0.4 is 5.32 Å². The average molecular weight is 414 g/mol. The maximum atomic E-state index is 13.2. The van der Waals surface area contributed by atoms with Crippen LogP contribution in [0, 0.1) is 12.8 Å². The smallest absolute Gasteiger partial charge is 0.262 e. The molecule has 1 atom stereocenters. The van der Waals surface area contributed by atoms with Crippen LogP contribution in [0.1, 0.15) is 41.1 Å². The molecule has 0 aliphatic carbocycles. The topological polar surface area (TPSA) is 52.6 Å². The highest BCUT2D eigenvalue weighted by molar-refractivity contribution is 7.12. The molecule has 29 heavy (non-hydrogen) atoms. The number of thiophene rings is 1. The lowest BCUT2D eigenvalue weighted by Gasteiger charge is -2.29. The fraction of sp³-hybridized carbons (Fsp3) is 0.478. The van der Waals surface area contributed by atoms with Crippen molar-refractivity contribution in [2.45, 2.75) is 39.8 Å². The maximum Gasteiger partial charge on any atom is 0.262 e. The third-order valence-electron chi connectivity index (χ3n) is 5.52. The Bertz CT molecular complexity index is 819. The zero-order valence-electron chi connectivity index (χ0n) is 17.6. The van der Waals surface area contributed by atoms with Crippen molar-refractivity contribution < 1.29 is 9.59 Å². The van der Waals surface area contributed by atoms with E-state index in [0.717, 1.165) is 32.6 Å². The summed E-state index contributed by atoms with van der Waals surface area (Å²) in [6.45, 7) is 10.3. The molecule has 0 spiro atoms. The molecule has 0 bridgehead atoms. The van der Waals surface area contributed by atoms with Gasteiger partial charge < -0.3 is 10.2 Å². The van der Waals surface area contributed by atoms with E-state index in [-0.39, 0.29) is 17.7 Å². The minimum atomic E-state index is -0.493. The molecule has 2 aromatic rings. The summed E-state index contributed by atoms with van der Waals surface area (Å²) in [6, 6.07) is 11.6. The van der Waals surface area contributed by atoms with E-state index in [4.69, 9.17) is 0 Å². The minimum Gasteiger partial charge on any atom is -0.340 e. The molecule has 1 unspecified atom stereocenters. The van der Waals surface area contributed by atoms with Gasteiger partial charge in [0.1, 0.15) is 6.04 Å². The predicted octanol–water partition coefficient (Wildman–Crippen LogP) is 3.55. The van der Waals surface area contributed by atoms with Crippen molar-refractivity contribution in [2.75, 3.05) is 26.2 Å². The van der Waals surface area contributed by atoms with Gasteiger partial charge in [0.05, 0.1) is 4.88 Å². The lowest BCUT2D eigenvalue weighted by atomic mass is 10.0. The van der Waals surface area contributed by atoms with Crippen LogP contribution in [0.4, 0.5) is 0 Å². The highest BCUT2D eigenvalue weighted by Crippen LogP contribution is 2.15. The van der Waals surface area contributed by atoms with Crippen molar-refractivity contribution in [3.8, 4) is 0 Å². The van der Waals surface area contributed by atoms with Crippen LogP contribution >= 0.6 is 11.3 Å². The van der Waals surface area contributed by atoms with E-state index in [9.17, 15) is 9.59 Å². The zero-order valence-corrected chi connectivity index (χ0v) is 18.4. The number of hydrogen-bond acceptors (Lipinski definition) is 4. The van der Waals surface area contributed by atoms with Crippen LogP contribution in [-0.2, 0) is 11.3 Å². The molecule has 1 N–H and O–H groups in total. The van der Waals surface area contributed by atoms with Gasteiger partial charge in [0, 0.05) is 32.7 Å². The first-order valence-corrected chi connectivity index (χ1v) is 11.2. The minimum absolute atomic E-state index is 0.0302. The lowest BCUT2D eigenvalue weighted by molar-refractivity contribution is -0.134. The molecule has 2 heterocycles. The van der Waals surface area contributed by atoms with Crippen molar-refractivity contribution in [3.05, 3.63) is 57.8 Å². The Balaban J connectivity index is 1.60. The van der Waals surface area contributed by atoms with Crippen molar-refractivity contribution in [3.63, 3.8) is 0 Å². The van der Waals surface area contributed by atoms with Gasteiger partial charge in [0.15, 0.2) is 0 Å². The van der Waals surface area contributed by atoms with Gasteiger partial charge in [-0.25, -0.2) is 0 Å². The summed E-state index contributed by atoms with van der Waals surface area (Å²) >= 11 is 1.39. The zero-order chi connectivity index (χ0) is 20.8. The number of carbonyl (C=O) groups is 2. The number of hydrogen-bond donors (Lipinski definition) is 1. The molecular weight excluding hydrogens is 382 g/mol. The molecule has 0 radical (unpaired) electrons. The van der Waals surface area contributed by atoms with Gasteiger partial charge >= 0.3 is 0 Å². The van der Waals surface area contributed by atoms with E-state index >= 15 is 0 Å². The fourth-order valence-electron chi connectivity index (χ4n) is 3.71. The third kappa shape index (κ3) is 5.67. The number of rotatable bonds is 6. The summed E-state index contributed by atoms with van der Waals surface area (Å²) in [5.41, 5.74) is 2.65. The highest BCUT2D eigenvalue weighted by atomic mass is 32.1. The summed E-state index contributed by atoms with van der Waals surface area (Å²) in [7, 11) is 0. The normalized spacial score (nSPS) is 16.5. The second kappa shape index (κ2) is 10.0. The molecular formula is C23H31N3O2S. The molecule has 1 aliphatic heterocycles. The Morgan fingerprint density at radius 2 is 1.86 bits per heavy atom. The van der Waals surface area contributed by atoms with Crippen LogP contribution in [0.15, 0.2) is 41.8 Å². The lowest BCUT2D eigenvalue weighted by Crippen LogP contribution is -2.51. The van der Waals surface area contributed by atoms with Crippen molar-refractivity contribution in [1.82, 2.24) is 15.1 Å². The SMILES string of the molecule is Cc1ccccc1CN1CCCN(C(=O)C(NC(=O)c2cccs2)C(C)C)CC1. The van der Waals surface area contributed by atoms with E-state index in [1.54, 1.807) is 6.07 Å². The van der Waals surface area contributed by atoms with Gasteiger partial charge in [-0.1, -0.05) is 44.2 Å². The summed E-state index contributed by atoms with van der Waals surface area (Å²) in [5, 5.41) is 4.84. The number of benzene rings is 1. The molecule has 156 valence electrons. The molecule has 1 aliphatic rings. The molecule has 1 saturated heterocycles. The van der Waals surface area contributed by atoms with Crippen molar-refractivity contribution in [1.29, 1.82) is 0 Å². The van der Waals surface area contributed by atoms with Crippen LogP contribution in [0.3, 0.4) is 0 Å². The van der Waals surface area contributed by atoms with Gasteiger partial charge in [-0.15, -0.1) is 11.3 Å². The summed E-state index contributed by atoms with van der Waals surface area (Å²) in [6.07, 6.45) is 0.946. The van der Waals surface area contributed by atoms with Gasteiger partial charge in [0.2, 0.25) is 5.91 Å². The van der Waals surface area contributed by atoms with Gasteiger partial charge in [0.25, 0.3) is 5.91 Å². The monoisotopic (exact) mass is 413 g/mol. The number of aryl methyl sites for hydroxylation is 1. The Hall–Kier alpha value is -2.18. The van der Waals surface area contributed by atoms with Crippen LogP contribution in [0.25, 0.3) is 0 Å². The van der Waals surface area contributed by atoms with E-state index in [1.807, 2.05) is 30.2 Å². The Kier molecular flexibility index (Phi) is 7.45. The molecule has 5 nitrogen and oxygen atoms in total. The predicted molar refractivity (Wildman–Crippen MR) is 118 cm³/mol. The largest absolute Gasteiger partial charge is 0.340 e. The summed E-state index contributed by atoms with van der Waals surface area (Å²) in [4.78, 5) is 30.7. The number of carbonyl (C=O) groups excluding carboxylic acids is 2. The second-order valence-corrected chi connectivity index (χ2v) is 9.00. The Morgan fingerprint density at radius 3 is 2.55 bits per heavy atom. The third-order valence-corrected chi connectivity index (χ3v) is 6.39.